The number of carbonyl (C=O) groups is 3. The van der Waals surface area contributed by atoms with Crippen LogP contribution in [0.25, 0.3) is 0 Å². The molecule has 0 aromatic heterocycles. The standard InChI is InChI=1S/C20H39N3O3/c1-13(2)16(23-20(6,7)8)15(24)12-14(17(25)19(3,4)5)10-9-11-22-18(21)26/h13-14,16,23H,9-12H2,1-8H3,(H3,21,22,26)/t14-,16+/m1/s1. The van der Waals surface area contributed by atoms with Crippen LogP contribution >= 0.6 is 0 Å². The molecule has 0 rings (SSSR count). The van der Waals surface area contributed by atoms with Gasteiger partial charge in [0.05, 0.1) is 6.04 Å². The Labute approximate surface area is 159 Å². The molecule has 0 saturated heterocycles. The molecule has 26 heavy (non-hydrogen) atoms. The third-order valence-electron chi connectivity index (χ3n) is 4.19. The van der Waals surface area contributed by atoms with E-state index in [4.69, 9.17) is 5.73 Å². The van der Waals surface area contributed by atoms with E-state index in [1.807, 2.05) is 55.4 Å². The number of carbonyl (C=O) groups excluding carboxylic acids is 3. The molecule has 2 amide bonds. The maximum absolute atomic E-state index is 12.9. The van der Waals surface area contributed by atoms with Gasteiger partial charge < -0.3 is 16.4 Å². The van der Waals surface area contributed by atoms with Crippen molar-refractivity contribution in [2.45, 2.75) is 86.2 Å². The van der Waals surface area contributed by atoms with E-state index in [2.05, 4.69) is 10.6 Å². The van der Waals surface area contributed by atoms with Gasteiger partial charge in [-0.1, -0.05) is 34.6 Å². The van der Waals surface area contributed by atoms with Gasteiger partial charge in [-0.05, 0) is 39.5 Å². The average molecular weight is 370 g/mol. The molecule has 0 fully saturated rings. The van der Waals surface area contributed by atoms with Gasteiger partial charge in [0.25, 0.3) is 0 Å². The van der Waals surface area contributed by atoms with Crippen molar-refractivity contribution in [3.63, 3.8) is 0 Å². The highest BCUT2D eigenvalue weighted by molar-refractivity contribution is 5.92. The zero-order valence-electron chi connectivity index (χ0n) is 17.9. The first-order valence-corrected chi connectivity index (χ1v) is 9.53. The molecule has 6 heteroatoms. The average Bonchev–Trinajstić information content (AvgIpc) is 2.44. The fourth-order valence-electron chi connectivity index (χ4n) is 2.95. The Kier molecular flexibility index (Phi) is 9.49. The van der Waals surface area contributed by atoms with Crippen LogP contribution in [-0.2, 0) is 9.59 Å². The van der Waals surface area contributed by atoms with Crippen LogP contribution < -0.4 is 16.4 Å². The van der Waals surface area contributed by atoms with Crippen molar-refractivity contribution in [3.8, 4) is 0 Å². The lowest BCUT2D eigenvalue weighted by atomic mass is 9.77. The molecule has 4 N–H and O–H groups in total. The van der Waals surface area contributed by atoms with Crippen molar-refractivity contribution in [1.82, 2.24) is 10.6 Å². The fourth-order valence-corrected chi connectivity index (χ4v) is 2.95. The smallest absolute Gasteiger partial charge is 0.312 e. The molecular formula is C20H39N3O3. The monoisotopic (exact) mass is 369 g/mol. The van der Waals surface area contributed by atoms with Crippen molar-refractivity contribution in [2.24, 2.45) is 23.0 Å². The maximum Gasteiger partial charge on any atom is 0.312 e. The lowest BCUT2D eigenvalue weighted by Crippen LogP contribution is -2.51. The van der Waals surface area contributed by atoms with Crippen LogP contribution in [0, 0.1) is 17.3 Å². The summed E-state index contributed by atoms with van der Waals surface area (Å²) >= 11 is 0. The summed E-state index contributed by atoms with van der Waals surface area (Å²) in [5, 5.41) is 5.92. The molecule has 0 radical (unpaired) electrons. The van der Waals surface area contributed by atoms with E-state index in [1.54, 1.807) is 0 Å². The summed E-state index contributed by atoms with van der Waals surface area (Å²) < 4.78 is 0. The molecule has 0 aromatic carbocycles. The van der Waals surface area contributed by atoms with Gasteiger partial charge in [0, 0.05) is 29.8 Å². The number of amides is 2. The molecule has 2 atom stereocenters. The summed E-state index contributed by atoms with van der Waals surface area (Å²) in [5.41, 5.74) is 4.38. The van der Waals surface area contributed by atoms with Gasteiger partial charge >= 0.3 is 6.03 Å². The summed E-state index contributed by atoms with van der Waals surface area (Å²) in [4.78, 5) is 36.6. The number of Topliss-reactive ketones (excluding diaryl/α,β-unsaturated/α-hetero) is 2. The number of hydrogen-bond donors (Lipinski definition) is 3. The zero-order chi connectivity index (χ0) is 20.7. The Morgan fingerprint density at radius 2 is 1.54 bits per heavy atom. The molecule has 0 aliphatic rings. The Balaban J connectivity index is 5.14. The minimum Gasteiger partial charge on any atom is -0.352 e. The predicted octanol–water partition coefficient (Wildman–Crippen LogP) is 3.04. The first-order valence-electron chi connectivity index (χ1n) is 9.53. The van der Waals surface area contributed by atoms with Gasteiger partial charge in [-0.3, -0.25) is 9.59 Å². The largest absolute Gasteiger partial charge is 0.352 e. The quantitative estimate of drug-likeness (QED) is 0.515. The lowest BCUT2D eigenvalue weighted by molar-refractivity contribution is -0.134. The van der Waals surface area contributed by atoms with Gasteiger partial charge in [0.2, 0.25) is 0 Å². The van der Waals surface area contributed by atoms with Crippen LogP contribution in [0.5, 0.6) is 0 Å². The fraction of sp³-hybridized carbons (Fsp3) is 0.850. The Morgan fingerprint density at radius 3 is 1.92 bits per heavy atom. The minimum absolute atomic E-state index is 0.0698. The maximum atomic E-state index is 12.9. The van der Waals surface area contributed by atoms with E-state index < -0.39 is 11.4 Å². The summed E-state index contributed by atoms with van der Waals surface area (Å²) in [7, 11) is 0. The number of nitrogens with one attached hydrogen (secondary N) is 2. The molecule has 0 bridgehead atoms. The number of urea groups is 1. The number of nitrogens with two attached hydrogens (primary N) is 1. The highest BCUT2D eigenvalue weighted by atomic mass is 16.2. The number of ketones is 2. The molecule has 6 nitrogen and oxygen atoms in total. The number of primary amides is 1. The summed E-state index contributed by atoms with van der Waals surface area (Å²) in [6, 6.07) is -0.858. The number of rotatable bonds is 10. The van der Waals surface area contributed by atoms with Crippen LogP contribution in [0.2, 0.25) is 0 Å². The summed E-state index contributed by atoms with van der Waals surface area (Å²) in [6.45, 7) is 16.2. The van der Waals surface area contributed by atoms with Crippen molar-refractivity contribution >= 4 is 17.6 Å². The Hall–Kier alpha value is -1.43. The molecule has 152 valence electrons. The van der Waals surface area contributed by atoms with Crippen LogP contribution in [0.1, 0.15) is 74.7 Å². The predicted molar refractivity (Wildman–Crippen MR) is 106 cm³/mol. The number of hydrogen-bond acceptors (Lipinski definition) is 4. The third kappa shape index (κ3) is 9.90. The highest BCUT2D eigenvalue weighted by Gasteiger charge is 2.34. The second kappa shape index (κ2) is 10.0. The highest BCUT2D eigenvalue weighted by Crippen LogP contribution is 2.27. The molecule has 0 heterocycles. The van der Waals surface area contributed by atoms with Crippen molar-refractivity contribution in [1.29, 1.82) is 0 Å². The molecule has 0 unspecified atom stereocenters. The van der Waals surface area contributed by atoms with Crippen LogP contribution in [0.4, 0.5) is 4.79 Å². The zero-order valence-corrected chi connectivity index (χ0v) is 17.9. The molecular weight excluding hydrogens is 330 g/mol. The molecule has 0 saturated carbocycles. The SMILES string of the molecule is CC(C)[C@H](NC(C)(C)C)C(=O)C[C@@H](CCCNC(N)=O)C(=O)C(C)(C)C. The Morgan fingerprint density at radius 1 is 1.00 bits per heavy atom. The van der Waals surface area contributed by atoms with E-state index in [0.29, 0.717) is 19.4 Å². The van der Waals surface area contributed by atoms with E-state index in [-0.39, 0.29) is 41.4 Å². The van der Waals surface area contributed by atoms with Gasteiger partial charge in [-0.25, -0.2) is 4.79 Å². The molecule has 0 aromatic rings. The summed E-state index contributed by atoms with van der Waals surface area (Å²) in [6.07, 6.45) is 1.39. The summed E-state index contributed by atoms with van der Waals surface area (Å²) in [5.74, 6) is -0.0487. The Bertz CT molecular complexity index is 488. The van der Waals surface area contributed by atoms with Crippen LogP contribution in [-0.4, -0.2) is 35.7 Å². The first-order chi connectivity index (χ1) is 11.6. The van der Waals surface area contributed by atoms with Crippen LogP contribution in [0.3, 0.4) is 0 Å². The van der Waals surface area contributed by atoms with E-state index in [1.165, 1.54) is 0 Å². The second-order valence-corrected chi connectivity index (χ2v) is 9.53. The van der Waals surface area contributed by atoms with E-state index in [0.717, 1.165) is 0 Å². The van der Waals surface area contributed by atoms with E-state index in [9.17, 15) is 14.4 Å². The third-order valence-corrected chi connectivity index (χ3v) is 4.19. The topological polar surface area (TPSA) is 101 Å². The molecule has 0 spiro atoms. The van der Waals surface area contributed by atoms with Crippen molar-refractivity contribution in [2.75, 3.05) is 6.54 Å². The lowest BCUT2D eigenvalue weighted by Gasteiger charge is -2.32. The minimum atomic E-state index is -0.575. The van der Waals surface area contributed by atoms with Crippen LogP contribution in [0.15, 0.2) is 0 Å². The van der Waals surface area contributed by atoms with Crippen molar-refractivity contribution < 1.29 is 14.4 Å². The second-order valence-electron chi connectivity index (χ2n) is 9.53. The molecule has 0 aliphatic heterocycles. The van der Waals surface area contributed by atoms with E-state index >= 15 is 0 Å². The van der Waals surface area contributed by atoms with Gasteiger partial charge in [0.1, 0.15) is 5.78 Å². The van der Waals surface area contributed by atoms with Gasteiger partial charge in [0.15, 0.2) is 5.78 Å². The van der Waals surface area contributed by atoms with Gasteiger partial charge in [-0.2, -0.15) is 0 Å². The normalized spacial score (nSPS) is 14.8. The first kappa shape index (κ1) is 24.6. The van der Waals surface area contributed by atoms with Crippen molar-refractivity contribution in [3.05, 3.63) is 0 Å². The van der Waals surface area contributed by atoms with Gasteiger partial charge in [-0.15, -0.1) is 0 Å². The molecule has 0 aliphatic carbocycles.